The van der Waals surface area contributed by atoms with Gasteiger partial charge in [0.05, 0.1) is 5.75 Å². The molecule has 2 unspecified atom stereocenters. The van der Waals surface area contributed by atoms with Gasteiger partial charge in [0.1, 0.15) is 0 Å². The average molecular weight is 293 g/mol. The summed E-state index contributed by atoms with van der Waals surface area (Å²) in [6, 6.07) is 1.94. The molecule has 1 saturated heterocycles. The van der Waals surface area contributed by atoms with Crippen molar-refractivity contribution < 1.29 is 4.79 Å². The largest absolute Gasteiger partial charge is 0.341 e. The number of carbonyl (C=O) groups excluding carboxylic acids is 1. The highest BCUT2D eigenvalue weighted by Crippen LogP contribution is 2.22. The smallest absolute Gasteiger partial charge is 0.233 e. The van der Waals surface area contributed by atoms with Crippen LogP contribution >= 0.6 is 11.8 Å². The Bertz CT molecular complexity index is 462. The minimum atomic E-state index is 0.205. The Morgan fingerprint density at radius 3 is 2.35 bits per heavy atom. The molecule has 110 valence electrons. The molecule has 2 rings (SSSR count). The maximum Gasteiger partial charge on any atom is 0.233 e. The van der Waals surface area contributed by atoms with Gasteiger partial charge in [-0.05, 0) is 38.2 Å². The van der Waals surface area contributed by atoms with E-state index in [1.54, 1.807) is 0 Å². The van der Waals surface area contributed by atoms with Gasteiger partial charge < -0.3 is 4.90 Å². The highest BCUT2D eigenvalue weighted by atomic mass is 32.2. The highest BCUT2D eigenvalue weighted by molar-refractivity contribution is 7.99. The van der Waals surface area contributed by atoms with Crippen LogP contribution in [0.4, 0.5) is 0 Å². The van der Waals surface area contributed by atoms with E-state index in [0.717, 1.165) is 24.5 Å². The Kier molecular flexibility index (Phi) is 5.02. The van der Waals surface area contributed by atoms with Crippen molar-refractivity contribution in [2.45, 2.75) is 39.3 Å². The number of amides is 1. The molecule has 2 heterocycles. The van der Waals surface area contributed by atoms with E-state index < -0.39 is 0 Å². The minimum absolute atomic E-state index is 0.205. The van der Waals surface area contributed by atoms with Crippen LogP contribution in [0.3, 0.4) is 0 Å². The third-order valence-corrected chi connectivity index (χ3v) is 4.34. The van der Waals surface area contributed by atoms with Gasteiger partial charge in [0.25, 0.3) is 0 Å². The van der Waals surface area contributed by atoms with E-state index in [9.17, 15) is 4.79 Å². The zero-order valence-corrected chi connectivity index (χ0v) is 13.5. The number of carbonyl (C=O) groups is 1. The lowest BCUT2D eigenvalue weighted by molar-refractivity contribution is -0.130. The van der Waals surface area contributed by atoms with E-state index in [2.05, 4.69) is 23.8 Å². The first-order chi connectivity index (χ1) is 9.44. The first kappa shape index (κ1) is 15.3. The van der Waals surface area contributed by atoms with Gasteiger partial charge in [0.15, 0.2) is 5.16 Å². The van der Waals surface area contributed by atoms with Gasteiger partial charge in [-0.3, -0.25) is 4.79 Å². The molecule has 0 aliphatic carbocycles. The molecule has 5 heteroatoms. The number of nitrogens with zero attached hydrogens (tertiary/aromatic N) is 3. The number of likely N-dealkylation sites (tertiary alicyclic amines) is 1. The SMILES string of the molecule is Cc1cc(C)nc(SCC(=O)N2CC(C)CC(C)C2)n1. The fourth-order valence-corrected chi connectivity index (χ4v) is 3.69. The maximum absolute atomic E-state index is 12.3. The summed E-state index contributed by atoms with van der Waals surface area (Å²) in [7, 11) is 0. The van der Waals surface area contributed by atoms with Crippen molar-refractivity contribution in [3.8, 4) is 0 Å². The Morgan fingerprint density at radius 2 is 1.80 bits per heavy atom. The van der Waals surface area contributed by atoms with Crippen molar-refractivity contribution in [3.63, 3.8) is 0 Å². The standard InChI is InChI=1S/C15H23N3OS/c1-10-5-11(2)8-18(7-10)14(19)9-20-15-16-12(3)6-13(4)17-15/h6,10-11H,5,7-9H2,1-4H3. The van der Waals surface area contributed by atoms with Crippen LogP contribution < -0.4 is 0 Å². The molecule has 1 fully saturated rings. The second-order valence-corrected chi connectivity index (χ2v) is 6.91. The maximum atomic E-state index is 12.3. The normalized spacial score (nSPS) is 22.9. The van der Waals surface area contributed by atoms with Gasteiger partial charge in [-0.15, -0.1) is 0 Å². The second-order valence-electron chi connectivity index (χ2n) is 5.97. The molecule has 2 atom stereocenters. The van der Waals surface area contributed by atoms with Crippen molar-refractivity contribution in [2.75, 3.05) is 18.8 Å². The number of hydrogen-bond acceptors (Lipinski definition) is 4. The van der Waals surface area contributed by atoms with Crippen molar-refractivity contribution in [3.05, 3.63) is 17.5 Å². The lowest BCUT2D eigenvalue weighted by Crippen LogP contribution is -2.43. The second kappa shape index (κ2) is 6.57. The van der Waals surface area contributed by atoms with E-state index in [0.29, 0.717) is 22.7 Å². The first-order valence-electron chi connectivity index (χ1n) is 7.17. The van der Waals surface area contributed by atoms with E-state index in [1.807, 2.05) is 24.8 Å². The molecule has 1 aromatic heterocycles. The van der Waals surface area contributed by atoms with Gasteiger partial charge in [0, 0.05) is 24.5 Å². The van der Waals surface area contributed by atoms with E-state index in [4.69, 9.17) is 0 Å². The van der Waals surface area contributed by atoms with Crippen LogP contribution in [0.1, 0.15) is 31.7 Å². The van der Waals surface area contributed by atoms with Gasteiger partial charge >= 0.3 is 0 Å². The quantitative estimate of drug-likeness (QED) is 0.635. The van der Waals surface area contributed by atoms with Crippen LogP contribution in [0.2, 0.25) is 0 Å². The predicted molar refractivity (Wildman–Crippen MR) is 81.8 cm³/mol. The molecule has 0 radical (unpaired) electrons. The number of aryl methyl sites for hydroxylation is 2. The molecule has 0 aromatic carbocycles. The molecule has 1 amide bonds. The van der Waals surface area contributed by atoms with E-state index >= 15 is 0 Å². The van der Waals surface area contributed by atoms with Crippen LogP contribution in [0.15, 0.2) is 11.2 Å². The lowest BCUT2D eigenvalue weighted by Gasteiger charge is -2.34. The summed E-state index contributed by atoms with van der Waals surface area (Å²) in [6.45, 7) is 10.1. The van der Waals surface area contributed by atoms with Gasteiger partial charge in [-0.1, -0.05) is 25.6 Å². The summed E-state index contributed by atoms with van der Waals surface area (Å²) < 4.78 is 0. The molecule has 1 aromatic rings. The number of thioether (sulfide) groups is 1. The Hall–Kier alpha value is -1.10. The summed E-state index contributed by atoms with van der Waals surface area (Å²) in [4.78, 5) is 23.0. The predicted octanol–water partition coefficient (Wildman–Crippen LogP) is 2.69. The Labute approximate surface area is 125 Å². The Morgan fingerprint density at radius 1 is 1.25 bits per heavy atom. The average Bonchev–Trinajstić information content (AvgIpc) is 2.33. The monoisotopic (exact) mass is 293 g/mol. The van der Waals surface area contributed by atoms with Crippen molar-refractivity contribution in [1.29, 1.82) is 0 Å². The number of piperidine rings is 1. The fourth-order valence-electron chi connectivity index (χ4n) is 2.84. The van der Waals surface area contributed by atoms with Crippen LogP contribution in [0.5, 0.6) is 0 Å². The van der Waals surface area contributed by atoms with Gasteiger partial charge in [-0.25, -0.2) is 9.97 Å². The molecule has 0 spiro atoms. The van der Waals surface area contributed by atoms with Gasteiger partial charge in [0.2, 0.25) is 5.91 Å². The molecular formula is C15H23N3OS. The first-order valence-corrected chi connectivity index (χ1v) is 8.15. The lowest BCUT2D eigenvalue weighted by atomic mass is 9.92. The molecule has 0 N–H and O–H groups in total. The summed E-state index contributed by atoms with van der Waals surface area (Å²) in [5.41, 5.74) is 1.90. The summed E-state index contributed by atoms with van der Waals surface area (Å²) in [5.74, 6) is 1.84. The summed E-state index contributed by atoms with van der Waals surface area (Å²) in [5, 5.41) is 0.703. The van der Waals surface area contributed by atoms with Crippen LogP contribution in [-0.4, -0.2) is 39.6 Å². The Balaban J connectivity index is 1.91. The topological polar surface area (TPSA) is 46.1 Å². The third-order valence-electron chi connectivity index (χ3n) is 3.51. The fraction of sp³-hybridized carbons (Fsp3) is 0.667. The van der Waals surface area contributed by atoms with Crippen LogP contribution in [0.25, 0.3) is 0 Å². The number of rotatable bonds is 3. The molecule has 20 heavy (non-hydrogen) atoms. The zero-order valence-electron chi connectivity index (χ0n) is 12.7. The highest BCUT2D eigenvalue weighted by Gasteiger charge is 2.25. The minimum Gasteiger partial charge on any atom is -0.341 e. The molecular weight excluding hydrogens is 270 g/mol. The number of aromatic nitrogens is 2. The van der Waals surface area contributed by atoms with Crippen molar-refractivity contribution >= 4 is 17.7 Å². The zero-order chi connectivity index (χ0) is 14.7. The van der Waals surface area contributed by atoms with Gasteiger partial charge in [-0.2, -0.15) is 0 Å². The molecule has 0 saturated carbocycles. The molecule has 0 bridgehead atoms. The number of hydrogen-bond donors (Lipinski definition) is 0. The van der Waals surface area contributed by atoms with E-state index in [1.165, 1.54) is 18.2 Å². The summed E-state index contributed by atoms with van der Waals surface area (Å²) in [6.07, 6.45) is 1.22. The van der Waals surface area contributed by atoms with E-state index in [-0.39, 0.29) is 5.91 Å². The third kappa shape index (κ3) is 4.20. The molecule has 1 aliphatic rings. The van der Waals surface area contributed by atoms with Crippen molar-refractivity contribution in [1.82, 2.24) is 14.9 Å². The molecule has 4 nitrogen and oxygen atoms in total. The van der Waals surface area contributed by atoms with Crippen molar-refractivity contribution in [2.24, 2.45) is 11.8 Å². The van der Waals surface area contributed by atoms with Crippen LogP contribution in [-0.2, 0) is 4.79 Å². The summed E-state index contributed by atoms with van der Waals surface area (Å²) >= 11 is 1.44. The molecule has 1 aliphatic heterocycles. The van der Waals surface area contributed by atoms with Crippen LogP contribution in [0, 0.1) is 25.7 Å².